The Balaban J connectivity index is 1.91. The van der Waals surface area contributed by atoms with Gasteiger partial charge in [-0.05, 0) is 73.7 Å². The topological polar surface area (TPSA) is 9.23 Å². The predicted molar refractivity (Wildman–Crippen MR) is 103 cm³/mol. The zero-order valence-electron chi connectivity index (χ0n) is 14.7. The van der Waals surface area contributed by atoms with Crippen molar-refractivity contribution in [3.8, 4) is 17.6 Å². The van der Waals surface area contributed by atoms with Crippen LogP contribution >= 0.6 is 11.6 Å². The molecule has 2 aromatic carbocycles. The number of benzene rings is 2. The molecule has 2 heteroatoms. The molecule has 0 aliphatic carbocycles. The van der Waals surface area contributed by atoms with Crippen LogP contribution < -0.4 is 4.74 Å². The molecule has 0 bridgehead atoms. The summed E-state index contributed by atoms with van der Waals surface area (Å²) in [5, 5.41) is 0.728. The van der Waals surface area contributed by atoms with Crippen LogP contribution in [0.1, 0.15) is 49.8 Å². The zero-order chi connectivity index (χ0) is 17.4. The predicted octanol–water partition coefficient (Wildman–Crippen LogP) is 6.25. The summed E-state index contributed by atoms with van der Waals surface area (Å²) in [6.45, 7) is 7.36. The number of hydrogen-bond donors (Lipinski definition) is 0. The maximum atomic E-state index is 5.89. The molecule has 0 aliphatic rings. The summed E-state index contributed by atoms with van der Waals surface area (Å²) in [5.41, 5.74) is 3.08. The van der Waals surface area contributed by atoms with E-state index in [1.807, 2.05) is 36.4 Å². The first-order valence-electron chi connectivity index (χ1n) is 8.55. The second kappa shape index (κ2) is 9.40. The Bertz CT molecular complexity index is 705. The Kier molecular flexibility index (Phi) is 7.22. The molecule has 0 atom stereocenters. The average molecular weight is 341 g/mol. The lowest BCUT2D eigenvalue weighted by atomic mass is 10.1. The Hall–Kier alpha value is -1.91. The Morgan fingerprint density at radius 3 is 2.29 bits per heavy atom. The Morgan fingerprint density at radius 2 is 1.62 bits per heavy atom. The van der Waals surface area contributed by atoms with E-state index >= 15 is 0 Å². The molecule has 0 unspecified atom stereocenters. The fourth-order valence-electron chi connectivity index (χ4n) is 2.40. The standard InChI is InChI=1S/C22H25ClO/c1-17(2)6-4-5-15-24-22-14-11-20(16-18(22)3)8-7-19-9-12-21(23)13-10-19/h9-14,16-17H,4-6,15H2,1-3H3. The third-order valence-corrected chi connectivity index (χ3v) is 4.06. The van der Waals surface area contributed by atoms with E-state index in [2.05, 4.69) is 38.7 Å². The van der Waals surface area contributed by atoms with Crippen molar-refractivity contribution < 1.29 is 4.74 Å². The molecule has 0 radical (unpaired) electrons. The van der Waals surface area contributed by atoms with E-state index in [0.29, 0.717) is 0 Å². The van der Waals surface area contributed by atoms with Crippen LogP contribution in [-0.2, 0) is 0 Å². The molecule has 0 fully saturated rings. The summed E-state index contributed by atoms with van der Waals surface area (Å²) in [6, 6.07) is 13.7. The number of aryl methyl sites for hydroxylation is 1. The highest BCUT2D eigenvalue weighted by Crippen LogP contribution is 2.19. The second-order valence-electron chi connectivity index (χ2n) is 6.48. The number of hydrogen-bond acceptors (Lipinski definition) is 1. The monoisotopic (exact) mass is 340 g/mol. The molecule has 0 amide bonds. The first kappa shape index (κ1) is 18.4. The highest BCUT2D eigenvalue weighted by molar-refractivity contribution is 6.30. The van der Waals surface area contributed by atoms with Gasteiger partial charge >= 0.3 is 0 Å². The van der Waals surface area contributed by atoms with Gasteiger partial charge in [0.05, 0.1) is 6.61 Å². The van der Waals surface area contributed by atoms with E-state index in [0.717, 1.165) is 46.4 Å². The van der Waals surface area contributed by atoms with E-state index in [-0.39, 0.29) is 0 Å². The maximum Gasteiger partial charge on any atom is 0.122 e. The second-order valence-corrected chi connectivity index (χ2v) is 6.91. The van der Waals surface area contributed by atoms with Gasteiger partial charge in [0.2, 0.25) is 0 Å². The van der Waals surface area contributed by atoms with Crippen LogP contribution in [0, 0.1) is 24.7 Å². The van der Waals surface area contributed by atoms with Gasteiger partial charge in [0, 0.05) is 16.1 Å². The van der Waals surface area contributed by atoms with Crippen molar-refractivity contribution in [3.63, 3.8) is 0 Å². The minimum Gasteiger partial charge on any atom is -0.493 e. The van der Waals surface area contributed by atoms with Gasteiger partial charge in [-0.25, -0.2) is 0 Å². The van der Waals surface area contributed by atoms with Crippen molar-refractivity contribution in [2.24, 2.45) is 5.92 Å². The largest absolute Gasteiger partial charge is 0.493 e. The molecule has 0 aromatic heterocycles. The number of rotatable bonds is 6. The summed E-state index contributed by atoms with van der Waals surface area (Å²) >= 11 is 5.88. The van der Waals surface area contributed by atoms with Crippen molar-refractivity contribution in [3.05, 3.63) is 64.2 Å². The molecule has 0 heterocycles. The lowest BCUT2D eigenvalue weighted by Gasteiger charge is -2.10. The molecule has 0 aliphatic heterocycles. The van der Waals surface area contributed by atoms with Crippen LogP contribution in [0.4, 0.5) is 0 Å². The van der Waals surface area contributed by atoms with Gasteiger partial charge in [-0.1, -0.05) is 43.7 Å². The lowest BCUT2D eigenvalue weighted by Crippen LogP contribution is -2.00. The van der Waals surface area contributed by atoms with E-state index in [4.69, 9.17) is 16.3 Å². The summed E-state index contributed by atoms with van der Waals surface area (Å²) in [5.74, 6) is 8.07. The van der Waals surface area contributed by atoms with E-state index in [1.54, 1.807) is 0 Å². The number of halogens is 1. The fourth-order valence-corrected chi connectivity index (χ4v) is 2.53. The maximum absolute atomic E-state index is 5.89. The minimum atomic E-state index is 0.728. The molecule has 126 valence electrons. The van der Waals surface area contributed by atoms with Gasteiger partial charge in [0.15, 0.2) is 0 Å². The van der Waals surface area contributed by atoms with Crippen LogP contribution in [0.2, 0.25) is 5.02 Å². The molecule has 2 rings (SSSR count). The number of unbranched alkanes of at least 4 members (excludes halogenated alkanes) is 1. The summed E-state index contributed by atoms with van der Waals surface area (Å²) in [4.78, 5) is 0. The molecule has 24 heavy (non-hydrogen) atoms. The molecular weight excluding hydrogens is 316 g/mol. The van der Waals surface area contributed by atoms with E-state index < -0.39 is 0 Å². The Labute approximate surface area is 151 Å². The zero-order valence-corrected chi connectivity index (χ0v) is 15.5. The molecule has 0 saturated carbocycles. The van der Waals surface area contributed by atoms with Gasteiger partial charge in [-0.2, -0.15) is 0 Å². The van der Waals surface area contributed by atoms with Gasteiger partial charge in [-0.15, -0.1) is 0 Å². The van der Waals surface area contributed by atoms with Gasteiger partial charge in [-0.3, -0.25) is 0 Å². The lowest BCUT2D eigenvalue weighted by molar-refractivity contribution is 0.299. The molecule has 0 saturated heterocycles. The van der Waals surface area contributed by atoms with Crippen molar-refractivity contribution in [1.29, 1.82) is 0 Å². The molecule has 1 nitrogen and oxygen atoms in total. The first-order valence-corrected chi connectivity index (χ1v) is 8.93. The van der Waals surface area contributed by atoms with Crippen LogP contribution in [0.15, 0.2) is 42.5 Å². The van der Waals surface area contributed by atoms with Gasteiger partial charge in [0.25, 0.3) is 0 Å². The fraction of sp³-hybridized carbons (Fsp3) is 0.364. The third-order valence-electron chi connectivity index (χ3n) is 3.80. The highest BCUT2D eigenvalue weighted by atomic mass is 35.5. The SMILES string of the molecule is Cc1cc(C#Cc2ccc(Cl)cc2)ccc1OCCCCC(C)C. The summed E-state index contributed by atoms with van der Waals surface area (Å²) in [6.07, 6.45) is 3.60. The number of ether oxygens (including phenoxy) is 1. The van der Waals surface area contributed by atoms with E-state index in [9.17, 15) is 0 Å². The quantitative estimate of drug-likeness (QED) is 0.446. The van der Waals surface area contributed by atoms with Crippen LogP contribution in [-0.4, -0.2) is 6.61 Å². The first-order chi connectivity index (χ1) is 11.5. The van der Waals surface area contributed by atoms with Gasteiger partial charge < -0.3 is 4.74 Å². The van der Waals surface area contributed by atoms with Crippen molar-refractivity contribution in [2.75, 3.05) is 6.61 Å². The summed E-state index contributed by atoms with van der Waals surface area (Å²) < 4.78 is 5.89. The summed E-state index contributed by atoms with van der Waals surface area (Å²) in [7, 11) is 0. The van der Waals surface area contributed by atoms with Crippen molar-refractivity contribution >= 4 is 11.6 Å². The normalized spacial score (nSPS) is 10.4. The van der Waals surface area contributed by atoms with Crippen LogP contribution in [0.25, 0.3) is 0 Å². The molecule has 0 N–H and O–H groups in total. The van der Waals surface area contributed by atoms with Crippen LogP contribution in [0.5, 0.6) is 5.75 Å². The molecular formula is C22H25ClO. The average Bonchev–Trinajstić information content (AvgIpc) is 2.55. The van der Waals surface area contributed by atoms with Crippen molar-refractivity contribution in [1.82, 2.24) is 0 Å². The molecule has 0 spiro atoms. The van der Waals surface area contributed by atoms with Crippen molar-refractivity contribution in [2.45, 2.75) is 40.0 Å². The highest BCUT2D eigenvalue weighted by Gasteiger charge is 2.01. The minimum absolute atomic E-state index is 0.728. The Morgan fingerprint density at radius 1 is 0.958 bits per heavy atom. The van der Waals surface area contributed by atoms with Gasteiger partial charge in [0.1, 0.15) is 5.75 Å². The third kappa shape index (κ3) is 6.30. The molecule has 2 aromatic rings. The van der Waals surface area contributed by atoms with Crippen LogP contribution in [0.3, 0.4) is 0 Å². The van der Waals surface area contributed by atoms with E-state index in [1.165, 1.54) is 12.8 Å². The smallest absolute Gasteiger partial charge is 0.122 e.